The van der Waals surface area contributed by atoms with Crippen LogP contribution in [0.2, 0.25) is 0 Å². The molecular formula is C20H21BrN4O2S. The highest BCUT2D eigenvalue weighted by Gasteiger charge is 2.22. The Hall–Kier alpha value is -2.03. The van der Waals surface area contributed by atoms with E-state index in [0.29, 0.717) is 6.54 Å². The maximum atomic E-state index is 12.5. The van der Waals surface area contributed by atoms with Gasteiger partial charge in [-0.05, 0) is 62.1 Å². The molecule has 1 N–H and O–H groups in total. The molecule has 0 aliphatic heterocycles. The van der Waals surface area contributed by atoms with Crippen molar-refractivity contribution in [1.29, 1.82) is 0 Å². The molecular weight excluding hydrogens is 440 g/mol. The van der Waals surface area contributed by atoms with Gasteiger partial charge in [0.25, 0.3) is 0 Å². The van der Waals surface area contributed by atoms with Crippen LogP contribution in [-0.2, 0) is 29.4 Å². The lowest BCUT2D eigenvalue weighted by atomic mass is 9.95. The third-order valence-electron chi connectivity index (χ3n) is 4.90. The number of nitrogens with one attached hydrogen (secondary N) is 1. The summed E-state index contributed by atoms with van der Waals surface area (Å²) in [6.45, 7) is 0.777. The van der Waals surface area contributed by atoms with Gasteiger partial charge >= 0.3 is 0 Å². The largest absolute Gasteiger partial charge is 0.267 e. The molecule has 3 aromatic rings. The first-order valence-electron chi connectivity index (χ1n) is 9.30. The first-order chi connectivity index (χ1) is 13.5. The third-order valence-corrected chi connectivity index (χ3v) is 6.91. The summed E-state index contributed by atoms with van der Waals surface area (Å²) < 4.78 is 30.4. The molecule has 146 valence electrons. The van der Waals surface area contributed by atoms with Crippen molar-refractivity contribution in [2.45, 2.75) is 37.1 Å². The van der Waals surface area contributed by atoms with E-state index in [1.165, 1.54) is 11.3 Å². The molecule has 28 heavy (non-hydrogen) atoms. The standard InChI is InChI=1S/C20H21BrN4O2S/c21-15-8-10-16(11-9-15)28(26,27)23-13-14-25-19-7-2-1-5-17(19)20(24-25)18-6-3-4-12-22-18/h3-4,6,8-12,23H,1-2,5,7,13-14H2. The van der Waals surface area contributed by atoms with Gasteiger partial charge in [-0.3, -0.25) is 9.67 Å². The number of pyridine rings is 1. The van der Waals surface area contributed by atoms with Crippen molar-refractivity contribution >= 4 is 26.0 Å². The minimum absolute atomic E-state index is 0.257. The van der Waals surface area contributed by atoms with Crippen LogP contribution < -0.4 is 4.72 Å². The number of sulfonamides is 1. The number of fused-ring (bicyclic) bond motifs is 1. The Balaban J connectivity index is 1.52. The van der Waals surface area contributed by atoms with Crippen LogP contribution in [0.25, 0.3) is 11.4 Å². The second kappa shape index (κ2) is 8.14. The molecule has 0 amide bonds. The summed E-state index contributed by atoms with van der Waals surface area (Å²) in [5.74, 6) is 0. The molecule has 6 nitrogen and oxygen atoms in total. The smallest absolute Gasteiger partial charge is 0.240 e. The Morgan fingerprint density at radius 3 is 2.61 bits per heavy atom. The van der Waals surface area contributed by atoms with Gasteiger partial charge in [-0.15, -0.1) is 0 Å². The summed E-state index contributed by atoms with van der Waals surface area (Å²) in [5, 5.41) is 4.78. The lowest BCUT2D eigenvalue weighted by molar-refractivity contribution is 0.538. The quantitative estimate of drug-likeness (QED) is 0.609. The van der Waals surface area contributed by atoms with Crippen LogP contribution in [0.5, 0.6) is 0 Å². The number of hydrogen-bond donors (Lipinski definition) is 1. The lowest BCUT2D eigenvalue weighted by Gasteiger charge is -2.14. The van der Waals surface area contributed by atoms with E-state index < -0.39 is 10.0 Å². The number of hydrogen-bond acceptors (Lipinski definition) is 4. The molecule has 0 atom stereocenters. The van der Waals surface area contributed by atoms with Crippen LogP contribution >= 0.6 is 15.9 Å². The molecule has 0 unspecified atom stereocenters. The molecule has 0 spiro atoms. The van der Waals surface area contributed by atoms with Gasteiger partial charge in [-0.2, -0.15) is 5.10 Å². The van der Waals surface area contributed by atoms with Gasteiger partial charge in [0.2, 0.25) is 10.0 Å². The minimum Gasteiger partial charge on any atom is -0.267 e. The summed E-state index contributed by atoms with van der Waals surface area (Å²) >= 11 is 3.32. The zero-order chi connectivity index (χ0) is 19.6. The molecule has 8 heteroatoms. The number of benzene rings is 1. The zero-order valence-electron chi connectivity index (χ0n) is 15.3. The maximum Gasteiger partial charge on any atom is 0.240 e. The molecule has 0 bridgehead atoms. The average molecular weight is 461 g/mol. The van der Waals surface area contributed by atoms with Crippen molar-refractivity contribution in [1.82, 2.24) is 19.5 Å². The highest BCUT2D eigenvalue weighted by molar-refractivity contribution is 9.10. The number of halogens is 1. The normalized spacial score (nSPS) is 14.0. The summed E-state index contributed by atoms with van der Waals surface area (Å²) in [6, 6.07) is 12.4. The van der Waals surface area contributed by atoms with Crippen LogP contribution in [0.3, 0.4) is 0 Å². The molecule has 2 heterocycles. The van der Waals surface area contributed by atoms with E-state index in [4.69, 9.17) is 5.10 Å². The van der Waals surface area contributed by atoms with Crippen molar-refractivity contribution in [3.63, 3.8) is 0 Å². The molecule has 0 radical (unpaired) electrons. The van der Waals surface area contributed by atoms with Gasteiger partial charge in [-0.25, -0.2) is 13.1 Å². The monoisotopic (exact) mass is 460 g/mol. The Kier molecular flexibility index (Phi) is 5.61. The second-order valence-corrected chi connectivity index (χ2v) is 9.45. The molecule has 2 aromatic heterocycles. The van der Waals surface area contributed by atoms with Crippen LogP contribution in [0, 0.1) is 0 Å². The van der Waals surface area contributed by atoms with E-state index in [0.717, 1.165) is 41.5 Å². The summed E-state index contributed by atoms with van der Waals surface area (Å²) in [5.41, 5.74) is 4.25. The van der Waals surface area contributed by atoms with Gasteiger partial charge in [0.05, 0.1) is 17.1 Å². The second-order valence-electron chi connectivity index (χ2n) is 6.77. The molecule has 0 saturated carbocycles. The molecule has 4 rings (SSSR count). The van der Waals surface area contributed by atoms with Gasteiger partial charge in [-0.1, -0.05) is 22.0 Å². The number of nitrogens with zero attached hydrogens (tertiary/aromatic N) is 3. The van der Waals surface area contributed by atoms with E-state index in [2.05, 4.69) is 25.6 Å². The predicted molar refractivity (Wildman–Crippen MR) is 111 cm³/mol. The van der Waals surface area contributed by atoms with E-state index >= 15 is 0 Å². The van der Waals surface area contributed by atoms with Crippen LogP contribution in [0.15, 0.2) is 58.0 Å². The van der Waals surface area contributed by atoms with Crippen molar-refractivity contribution in [2.24, 2.45) is 0 Å². The van der Waals surface area contributed by atoms with Crippen molar-refractivity contribution in [2.75, 3.05) is 6.54 Å². The summed E-state index contributed by atoms with van der Waals surface area (Å²) in [6.07, 6.45) is 6.01. The fraction of sp³-hybridized carbons (Fsp3) is 0.300. The van der Waals surface area contributed by atoms with Gasteiger partial charge in [0, 0.05) is 28.5 Å². The Labute approximate surface area is 173 Å². The van der Waals surface area contributed by atoms with Gasteiger partial charge < -0.3 is 0 Å². The zero-order valence-corrected chi connectivity index (χ0v) is 17.7. The van der Waals surface area contributed by atoms with Crippen LogP contribution in [0.4, 0.5) is 0 Å². The Morgan fingerprint density at radius 2 is 1.86 bits per heavy atom. The Morgan fingerprint density at radius 1 is 1.07 bits per heavy atom. The maximum absolute atomic E-state index is 12.5. The molecule has 1 aliphatic rings. The SMILES string of the molecule is O=S(=O)(NCCn1nc(-c2ccccn2)c2c1CCCC2)c1ccc(Br)cc1. The van der Waals surface area contributed by atoms with Gasteiger partial charge in [0.15, 0.2) is 0 Å². The fourth-order valence-corrected chi connectivity index (χ4v) is 4.83. The summed E-state index contributed by atoms with van der Waals surface area (Å²) in [4.78, 5) is 4.70. The van der Waals surface area contributed by atoms with Crippen LogP contribution in [0.1, 0.15) is 24.1 Å². The number of rotatable bonds is 6. The summed E-state index contributed by atoms with van der Waals surface area (Å²) in [7, 11) is -3.54. The average Bonchev–Trinajstić information content (AvgIpc) is 3.08. The molecule has 0 fully saturated rings. The fourth-order valence-electron chi connectivity index (χ4n) is 3.55. The van der Waals surface area contributed by atoms with E-state index in [9.17, 15) is 8.42 Å². The molecule has 0 saturated heterocycles. The van der Waals surface area contributed by atoms with E-state index in [1.807, 2.05) is 22.9 Å². The number of aromatic nitrogens is 3. The molecule has 1 aromatic carbocycles. The Bertz CT molecular complexity index is 1060. The highest BCUT2D eigenvalue weighted by atomic mass is 79.9. The first-order valence-corrected chi connectivity index (χ1v) is 11.6. The van der Waals surface area contributed by atoms with E-state index in [1.54, 1.807) is 30.5 Å². The lowest BCUT2D eigenvalue weighted by Crippen LogP contribution is -2.28. The van der Waals surface area contributed by atoms with E-state index in [-0.39, 0.29) is 11.4 Å². The van der Waals surface area contributed by atoms with Crippen LogP contribution in [-0.4, -0.2) is 29.7 Å². The van der Waals surface area contributed by atoms with Crippen molar-refractivity contribution in [3.8, 4) is 11.4 Å². The highest BCUT2D eigenvalue weighted by Crippen LogP contribution is 2.30. The topological polar surface area (TPSA) is 76.9 Å². The van der Waals surface area contributed by atoms with Crippen molar-refractivity contribution < 1.29 is 8.42 Å². The first kappa shape index (κ1) is 19.3. The van der Waals surface area contributed by atoms with Crippen molar-refractivity contribution in [3.05, 3.63) is 64.4 Å². The molecule has 1 aliphatic carbocycles. The predicted octanol–water partition coefficient (Wildman–Crippen LogP) is 3.56. The minimum atomic E-state index is -3.54. The third kappa shape index (κ3) is 4.04. The van der Waals surface area contributed by atoms with Gasteiger partial charge in [0.1, 0.15) is 5.69 Å².